The maximum atomic E-state index is 9.46. The normalized spacial score (nSPS) is 25.4. The lowest BCUT2D eigenvalue weighted by Crippen LogP contribution is -2.28. The first-order chi connectivity index (χ1) is 7.79. The Balaban J connectivity index is 1.98. The van der Waals surface area contributed by atoms with Gasteiger partial charge in [-0.25, -0.2) is 0 Å². The van der Waals surface area contributed by atoms with Crippen LogP contribution in [-0.2, 0) is 0 Å². The summed E-state index contributed by atoms with van der Waals surface area (Å²) in [6, 6.07) is 8.94. The molecule has 0 amide bonds. The molecule has 1 aromatic carbocycles. The summed E-state index contributed by atoms with van der Waals surface area (Å²) in [5, 5.41) is 13.1. The molecule has 0 bridgehead atoms. The van der Waals surface area contributed by atoms with E-state index in [2.05, 4.69) is 35.8 Å². The lowest BCUT2D eigenvalue weighted by atomic mass is 9.93. The van der Waals surface area contributed by atoms with Gasteiger partial charge in [-0.05, 0) is 44.1 Å². The second-order valence-corrected chi connectivity index (χ2v) is 5.20. The standard InChI is InChI=1S/C13H19NOS/c1-16-13-5-3-2-4-12(13)14-10-6-8-11(15)9-7-10/h2-5,10-11,14-15H,6-9H2,1H3. The molecule has 16 heavy (non-hydrogen) atoms. The van der Waals surface area contributed by atoms with Gasteiger partial charge in [0.2, 0.25) is 0 Å². The molecule has 0 heterocycles. The van der Waals surface area contributed by atoms with Crippen molar-refractivity contribution >= 4 is 17.4 Å². The number of hydrogen-bond donors (Lipinski definition) is 2. The molecule has 0 saturated heterocycles. The van der Waals surface area contributed by atoms with Crippen molar-refractivity contribution in [3.63, 3.8) is 0 Å². The van der Waals surface area contributed by atoms with Crippen LogP contribution in [0.5, 0.6) is 0 Å². The van der Waals surface area contributed by atoms with Crippen LogP contribution >= 0.6 is 11.8 Å². The van der Waals surface area contributed by atoms with Crippen molar-refractivity contribution in [2.75, 3.05) is 11.6 Å². The van der Waals surface area contributed by atoms with Crippen molar-refractivity contribution < 1.29 is 5.11 Å². The second-order valence-electron chi connectivity index (χ2n) is 4.35. The molecule has 1 aliphatic carbocycles. The highest BCUT2D eigenvalue weighted by atomic mass is 32.2. The van der Waals surface area contributed by atoms with Crippen molar-refractivity contribution in [2.24, 2.45) is 0 Å². The molecular weight excluding hydrogens is 218 g/mol. The van der Waals surface area contributed by atoms with Gasteiger partial charge in [0, 0.05) is 16.6 Å². The number of benzene rings is 1. The van der Waals surface area contributed by atoms with E-state index >= 15 is 0 Å². The lowest BCUT2D eigenvalue weighted by Gasteiger charge is -2.27. The first-order valence-electron chi connectivity index (χ1n) is 5.87. The summed E-state index contributed by atoms with van der Waals surface area (Å²) < 4.78 is 0. The minimum Gasteiger partial charge on any atom is -0.393 e. The van der Waals surface area contributed by atoms with Crippen LogP contribution in [0.1, 0.15) is 25.7 Å². The first-order valence-corrected chi connectivity index (χ1v) is 7.09. The van der Waals surface area contributed by atoms with Crippen LogP contribution in [0.2, 0.25) is 0 Å². The molecule has 88 valence electrons. The monoisotopic (exact) mass is 237 g/mol. The predicted octanol–water partition coefficient (Wildman–Crippen LogP) is 3.12. The number of para-hydroxylation sites is 1. The minimum atomic E-state index is -0.0751. The van der Waals surface area contributed by atoms with Crippen LogP contribution < -0.4 is 5.32 Å². The minimum absolute atomic E-state index is 0.0751. The second kappa shape index (κ2) is 5.60. The predicted molar refractivity (Wildman–Crippen MR) is 70.1 cm³/mol. The summed E-state index contributed by atoms with van der Waals surface area (Å²) in [7, 11) is 0. The molecule has 2 rings (SSSR count). The molecule has 0 radical (unpaired) electrons. The molecule has 0 aliphatic heterocycles. The van der Waals surface area contributed by atoms with Crippen molar-refractivity contribution in [1.29, 1.82) is 0 Å². The lowest BCUT2D eigenvalue weighted by molar-refractivity contribution is 0.126. The van der Waals surface area contributed by atoms with Gasteiger partial charge < -0.3 is 10.4 Å². The Labute approximate surface area is 101 Å². The third kappa shape index (κ3) is 2.92. The molecule has 2 nitrogen and oxygen atoms in total. The topological polar surface area (TPSA) is 32.3 Å². The Kier molecular flexibility index (Phi) is 4.13. The van der Waals surface area contributed by atoms with E-state index in [1.807, 2.05) is 0 Å². The van der Waals surface area contributed by atoms with E-state index in [4.69, 9.17) is 0 Å². The van der Waals surface area contributed by atoms with Gasteiger partial charge in [-0.3, -0.25) is 0 Å². The van der Waals surface area contributed by atoms with E-state index in [1.54, 1.807) is 11.8 Å². The van der Waals surface area contributed by atoms with Gasteiger partial charge in [0.05, 0.1) is 6.10 Å². The zero-order chi connectivity index (χ0) is 11.4. The van der Waals surface area contributed by atoms with Crippen LogP contribution in [0.15, 0.2) is 29.2 Å². The van der Waals surface area contributed by atoms with E-state index in [0.717, 1.165) is 25.7 Å². The maximum absolute atomic E-state index is 9.46. The Hall–Kier alpha value is -0.670. The molecule has 0 aromatic heterocycles. The third-order valence-corrected chi connectivity index (χ3v) is 3.96. The molecule has 0 unspecified atom stereocenters. The summed E-state index contributed by atoms with van der Waals surface area (Å²) in [5.74, 6) is 0. The highest BCUT2D eigenvalue weighted by Crippen LogP contribution is 2.28. The smallest absolute Gasteiger partial charge is 0.0541 e. The van der Waals surface area contributed by atoms with Gasteiger partial charge in [0.15, 0.2) is 0 Å². The van der Waals surface area contributed by atoms with Gasteiger partial charge in [-0.15, -0.1) is 11.8 Å². The van der Waals surface area contributed by atoms with E-state index in [-0.39, 0.29) is 6.10 Å². The zero-order valence-corrected chi connectivity index (χ0v) is 10.5. The molecule has 0 atom stereocenters. The van der Waals surface area contributed by atoms with Gasteiger partial charge >= 0.3 is 0 Å². The summed E-state index contributed by atoms with van der Waals surface area (Å²) >= 11 is 1.77. The zero-order valence-electron chi connectivity index (χ0n) is 9.65. The van der Waals surface area contributed by atoms with Crippen LogP contribution in [0.3, 0.4) is 0 Å². The third-order valence-electron chi connectivity index (χ3n) is 3.16. The van der Waals surface area contributed by atoms with Gasteiger partial charge in [-0.1, -0.05) is 12.1 Å². The molecule has 1 aliphatic rings. The molecule has 3 heteroatoms. The van der Waals surface area contributed by atoms with E-state index in [1.165, 1.54) is 10.6 Å². The SMILES string of the molecule is CSc1ccccc1NC1CCC(O)CC1. The van der Waals surface area contributed by atoms with E-state index in [0.29, 0.717) is 6.04 Å². The van der Waals surface area contributed by atoms with Crippen LogP contribution in [-0.4, -0.2) is 23.5 Å². The summed E-state index contributed by atoms with van der Waals surface area (Å²) in [6.07, 6.45) is 6.03. The number of thioether (sulfide) groups is 1. The Bertz CT molecular complexity index is 334. The van der Waals surface area contributed by atoms with Crippen LogP contribution in [0, 0.1) is 0 Å². The Morgan fingerprint density at radius 2 is 1.88 bits per heavy atom. The fourth-order valence-corrected chi connectivity index (χ4v) is 2.77. The highest BCUT2D eigenvalue weighted by molar-refractivity contribution is 7.98. The average molecular weight is 237 g/mol. The largest absolute Gasteiger partial charge is 0.393 e. The number of nitrogens with one attached hydrogen (secondary N) is 1. The first kappa shape index (κ1) is 11.8. The van der Waals surface area contributed by atoms with Gasteiger partial charge in [0.25, 0.3) is 0 Å². The van der Waals surface area contributed by atoms with Gasteiger partial charge in [-0.2, -0.15) is 0 Å². The van der Waals surface area contributed by atoms with Crippen molar-refractivity contribution in [1.82, 2.24) is 0 Å². The molecule has 0 spiro atoms. The molecule has 1 fully saturated rings. The number of aliphatic hydroxyl groups excluding tert-OH is 1. The number of anilines is 1. The Morgan fingerprint density at radius 3 is 2.56 bits per heavy atom. The quantitative estimate of drug-likeness (QED) is 0.792. The number of hydrogen-bond acceptors (Lipinski definition) is 3. The van der Waals surface area contributed by atoms with Crippen LogP contribution in [0.25, 0.3) is 0 Å². The van der Waals surface area contributed by atoms with E-state index < -0.39 is 0 Å². The van der Waals surface area contributed by atoms with E-state index in [9.17, 15) is 5.11 Å². The van der Waals surface area contributed by atoms with Crippen molar-refractivity contribution in [3.8, 4) is 0 Å². The molecular formula is C13H19NOS. The van der Waals surface area contributed by atoms with Crippen molar-refractivity contribution in [3.05, 3.63) is 24.3 Å². The highest BCUT2D eigenvalue weighted by Gasteiger charge is 2.19. The maximum Gasteiger partial charge on any atom is 0.0541 e. The summed E-state index contributed by atoms with van der Waals surface area (Å²) in [5.41, 5.74) is 1.23. The number of rotatable bonds is 3. The Morgan fingerprint density at radius 1 is 1.19 bits per heavy atom. The molecule has 2 N–H and O–H groups in total. The molecule has 1 aromatic rings. The fourth-order valence-electron chi connectivity index (χ4n) is 2.20. The van der Waals surface area contributed by atoms with Gasteiger partial charge in [0.1, 0.15) is 0 Å². The fraction of sp³-hybridized carbons (Fsp3) is 0.538. The van der Waals surface area contributed by atoms with Crippen molar-refractivity contribution in [2.45, 2.75) is 42.7 Å². The average Bonchev–Trinajstić information content (AvgIpc) is 2.33. The van der Waals surface area contributed by atoms with Crippen LogP contribution in [0.4, 0.5) is 5.69 Å². The summed E-state index contributed by atoms with van der Waals surface area (Å²) in [6.45, 7) is 0. The summed E-state index contributed by atoms with van der Waals surface area (Å²) in [4.78, 5) is 1.30. The number of aliphatic hydroxyl groups is 1. The molecule has 1 saturated carbocycles.